The molecule has 0 saturated carbocycles. The third-order valence-corrected chi connectivity index (χ3v) is 6.02. The standard InChI is InChI=1S/C23H28N8O3/c1-15(32)18-11-16-12-25-23(28-21(16)22(26-18)30-7-9-34-10-8-30)27-19-4-3-17(13-24-19)31-6-5-29(2)14-20(31)33/h3-4,11-13,15,32H,5-10,14H2,1-2H3,(H,24,25,27,28). The molecule has 34 heavy (non-hydrogen) atoms. The minimum atomic E-state index is -0.697. The molecule has 11 heteroatoms. The second-order valence-electron chi connectivity index (χ2n) is 8.59. The lowest BCUT2D eigenvalue weighted by Crippen LogP contribution is -2.48. The molecule has 0 spiro atoms. The second kappa shape index (κ2) is 9.45. The van der Waals surface area contributed by atoms with Crippen LogP contribution in [0.5, 0.6) is 0 Å². The zero-order valence-electron chi connectivity index (χ0n) is 19.3. The molecule has 1 amide bonds. The molecule has 2 N–H and O–H groups in total. The number of pyridine rings is 2. The number of aliphatic hydroxyl groups excluding tert-OH is 1. The van der Waals surface area contributed by atoms with E-state index in [4.69, 9.17) is 14.7 Å². The van der Waals surface area contributed by atoms with E-state index < -0.39 is 6.10 Å². The molecule has 0 bridgehead atoms. The van der Waals surface area contributed by atoms with E-state index in [1.807, 2.05) is 30.1 Å². The van der Waals surface area contributed by atoms with Gasteiger partial charge in [-0.05, 0) is 32.2 Å². The number of carbonyl (C=O) groups is 1. The summed E-state index contributed by atoms with van der Waals surface area (Å²) in [7, 11) is 1.94. The molecule has 1 unspecified atom stereocenters. The molecule has 11 nitrogen and oxygen atoms in total. The lowest BCUT2D eigenvalue weighted by Gasteiger charge is -2.31. The number of aromatic nitrogens is 4. The summed E-state index contributed by atoms with van der Waals surface area (Å²) in [5, 5.41) is 14.1. The Balaban J connectivity index is 1.41. The molecular weight excluding hydrogens is 436 g/mol. The fourth-order valence-electron chi connectivity index (χ4n) is 4.11. The van der Waals surface area contributed by atoms with Gasteiger partial charge in [0.2, 0.25) is 11.9 Å². The summed E-state index contributed by atoms with van der Waals surface area (Å²) in [6, 6.07) is 5.50. The zero-order valence-corrected chi connectivity index (χ0v) is 19.3. The smallest absolute Gasteiger partial charge is 0.241 e. The van der Waals surface area contributed by atoms with Crippen molar-refractivity contribution in [3.05, 3.63) is 36.3 Å². The first kappa shape index (κ1) is 22.4. The molecule has 5 rings (SSSR count). The quantitative estimate of drug-likeness (QED) is 0.572. The third-order valence-electron chi connectivity index (χ3n) is 6.02. The van der Waals surface area contributed by atoms with Crippen LogP contribution < -0.4 is 15.1 Å². The van der Waals surface area contributed by atoms with Gasteiger partial charge in [-0.3, -0.25) is 9.69 Å². The lowest BCUT2D eigenvalue weighted by molar-refractivity contribution is -0.120. The number of nitrogens with zero attached hydrogens (tertiary/aromatic N) is 7. The molecule has 3 aromatic rings. The van der Waals surface area contributed by atoms with E-state index in [2.05, 4.69) is 20.2 Å². The van der Waals surface area contributed by atoms with E-state index in [-0.39, 0.29) is 5.91 Å². The average Bonchev–Trinajstić information content (AvgIpc) is 2.84. The molecule has 2 aliphatic rings. The predicted molar refractivity (Wildman–Crippen MR) is 128 cm³/mol. The first-order valence-electron chi connectivity index (χ1n) is 11.4. The maximum Gasteiger partial charge on any atom is 0.241 e. The number of amides is 1. The van der Waals surface area contributed by atoms with Gasteiger partial charge < -0.3 is 25.0 Å². The van der Waals surface area contributed by atoms with Crippen LogP contribution in [-0.2, 0) is 9.53 Å². The summed E-state index contributed by atoms with van der Waals surface area (Å²) in [5.41, 5.74) is 2.05. The number of likely N-dealkylation sites (N-methyl/N-ethyl adjacent to an activating group) is 1. The van der Waals surface area contributed by atoms with Crippen LogP contribution in [0.15, 0.2) is 30.6 Å². The van der Waals surface area contributed by atoms with Crippen LogP contribution in [0.4, 0.5) is 23.3 Å². The van der Waals surface area contributed by atoms with Gasteiger partial charge in [-0.1, -0.05) is 0 Å². The molecule has 2 fully saturated rings. The van der Waals surface area contributed by atoms with Crippen molar-refractivity contribution in [2.75, 3.05) is 68.1 Å². The molecular formula is C23H28N8O3. The van der Waals surface area contributed by atoms with E-state index in [1.54, 1.807) is 24.2 Å². The molecule has 178 valence electrons. The van der Waals surface area contributed by atoms with Crippen molar-refractivity contribution >= 4 is 40.1 Å². The highest BCUT2D eigenvalue weighted by atomic mass is 16.5. The first-order chi connectivity index (χ1) is 16.5. The van der Waals surface area contributed by atoms with Crippen molar-refractivity contribution in [3.63, 3.8) is 0 Å². The number of hydrogen-bond acceptors (Lipinski definition) is 10. The summed E-state index contributed by atoms with van der Waals surface area (Å²) in [6.45, 7) is 6.20. The van der Waals surface area contributed by atoms with Gasteiger partial charge in [0.25, 0.3) is 0 Å². The van der Waals surface area contributed by atoms with Crippen molar-refractivity contribution in [2.24, 2.45) is 0 Å². The van der Waals surface area contributed by atoms with E-state index in [0.717, 1.165) is 17.6 Å². The highest BCUT2D eigenvalue weighted by Gasteiger charge is 2.23. The fraction of sp³-hybridized carbons (Fsp3) is 0.435. The maximum atomic E-state index is 12.3. The van der Waals surface area contributed by atoms with Gasteiger partial charge in [-0.15, -0.1) is 0 Å². The van der Waals surface area contributed by atoms with Crippen molar-refractivity contribution in [3.8, 4) is 0 Å². The van der Waals surface area contributed by atoms with E-state index >= 15 is 0 Å². The number of fused-ring (bicyclic) bond motifs is 1. The van der Waals surface area contributed by atoms with Crippen molar-refractivity contribution < 1.29 is 14.6 Å². The van der Waals surface area contributed by atoms with E-state index in [0.29, 0.717) is 68.2 Å². The Morgan fingerprint density at radius 1 is 1.09 bits per heavy atom. The number of hydrogen-bond donors (Lipinski definition) is 2. The maximum absolute atomic E-state index is 12.3. The Morgan fingerprint density at radius 3 is 2.62 bits per heavy atom. The summed E-state index contributed by atoms with van der Waals surface area (Å²) in [5.74, 6) is 1.74. The van der Waals surface area contributed by atoms with Crippen LogP contribution in [0.25, 0.3) is 10.9 Å². The molecule has 2 aliphatic heterocycles. The highest BCUT2D eigenvalue weighted by molar-refractivity contribution is 5.95. The Morgan fingerprint density at radius 2 is 1.91 bits per heavy atom. The SMILES string of the molecule is CC(O)c1cc2cnc(Nc3ccc(N4CCN(C)CC4=O)cn3)nc2c(N2CCOCC2)n1. The molecule has 2 saturated heterocycles. The van der Waals surface area contributed by atoms with Gasteiger partial charge in [0, 0.05) is 37.8 Å². The second-order valence-corrected chi connectivity index (χ2v) is 8.59. The minimum Gasteiger partial charge on any atom is -0.387 e. The molecule has 0 radical (unpaired) electrons. The number of piperazine rings is 1. The minimum absolute atomic E-state index is 0.0637. The van der Waals surface area contributed by atoms with Crippen LogP contribution in [-0.4, -0.2) is 88.8 Å². The summed E-state index contributed by atoms with van der Waals surface area (Å²) in [6.07, 6.45) is 2.71. The first-order valence-corrected chi connectivity index (χ1v) is 11.4. The predicted octanol–water partition coefficient (Wildman–Crippen LogP) is 1.33. The number of nitrogens with one attached hydrogen (secondary N) is 1. The molecule has 0 aliphatic carbocycles. The largest absolute Gasteiger partial charge is 0.387 e. The number of carbonyl (C=O) groups excluding carboxylic acids is 1. The average molecular weight is 465 g/mol. The van der Waals surface area contributed by atoms with Crippen molar-refractivity contribution in [1.29, 1.82) is 0 Å². The molecule has 3 aromatic heterocycles. The van der Waals surface area contributed by atoms with Crippen molar-refractivity contribution in [1.82, 2.24) is 24.8 Å². The van der Waals surface area contributed by atoms with Gasteiger partial charge in [0.15, 0.2) is 5.82 Å². The molecule has 5 heterocycles. The van der Waals surface area contributed by atoms with Crippen LogP contribution in [0, 0.1) is 0 Å². The van der Waals surface area contributed by atoms with Crippen LogP contribution in [0.3, 0.4) is 0 Å². The Bertz CT molecular complexity index is 1180. The van der Waals surface area contributed by atoms with E-state index in [1.165, 1.54) is 0 Å². The summed E-state index contributed by atoms with van der Waals surface area (Å²) >= 11 is 0. The number of anilines is 4. The summed E-state index contributed by atoms with van der Waals surface area (Å²) in [4.78, 5) is 36.5. The van der Waals surface area contributed by atoms with Gasteiger partial charge in [-0.2, -0.15) is 0 Å². The van der Waals surface area contributed by atoms with Crippen LogP contribution in [0.2, 0.25) is 0 Å². The zero-order chi connectivity index (χ0) is 23.7. The van der Waals surface area contributed by atoms with E-state index in [9.17, 15) is 9.90 Å². The molecule has 1 atom stereocenters. The van der Waals surface area contributed by atoms with Gasteiger partial charge in [-0.25, -0.2) is 19.9 Å². The highest BCUT2D eigenvalue weighted by Crippen LogP contribution is 2.28. The van der Waals surface area contributed by atoms with Crippen molar-refractivity contribution in [2.45, 2.75) is 13.0 Å². The van der Waals surface area contributed by atoms with Gasteiger partial charge >= 0.3 is 0 Å². The van der Waals surface area contributed by atoms with Crippen LogP contribution >= 0.6 is 0 Å². The fourth-order valence-corrected chi connectivity index (χ4v) is 4.11. The van der Waals surface area contributed by atoms with Gasteiger partial charge in [0.1, 0.15) is 11.3 Å². The topological polar surface area (TPSA) is 120 Å². The number of rotatable bonds is 5. The molecule has 0 aromatic carbocycles. The number of morpholine rings is 1. The Kier molecular flexibility index (Phi) is 6.22. The number of ether oxygens (including phenoxy) is 1. The Hall–Kier alpha value is -3.41. The number of aliphatic hydroxyl groups is 1. The summed E-state index contributed by atoms with van der Waals surface area (Å²) < 4.78 is 5.48. The normalized spacial score (nSPS) is 18.4. The Labute approximate surface area is 197 Å². The lowest BCUT2D eigenvalue weighted by atomic mass is 10.2. The third kappa shape index (κ3) is 4.63. The monoisotopic (exact) mass is 464 g/mol. The van der Waals surface area contributed by atoms with Crippen LogP contribution in [0.1, 0.15) is 18.7 Å². The van der Waals surface area contributed by atoms with Gasteiger partial charge in [0.05, 0.1) is 43.4 Å².